The zero-order valence-corrected chi connectivity index (χ0v) is 6.81. The second-order valence-corrected chi connectivity index (χ2v) is 8.52. The molecule has 0 aliphatic rings. The molecule has 50 valence electrons. The van der Waals surface area contributed by atoms with Crippen molar-refractivity contribution in [3.63, 3.8) is 0 Å². The summed E-state index contributed by atoms with van der Waals surface area (Å²) >= 11 is 0. The average Bonchev–Trinajstić information content (AvgIpc) is 1.62. The van der Waals surface area contributed by atoms with Gasteiger partial charge in [-0.15, -0.1) is 0 Å². The Bertz CT molecular complexity index is 69.3. The first-order chi connectivity index (χ1) is 3.48. The Morgan fingerprint density at radius 3 is 1.88 bits per heavy atom. The van der Waals surface area contributed by atoms with Gasteiger partial charge in [0.05, 0.1) is 13.8 Å². The number of hydrogen-bond donors (Lipinski definition) is 2. The highest BCUT2D eigenvalue weighted by Gasteiger charge is 2.22. The van der Waals surface area contributed by atoms with E-state index in [4.69, 9.17) is 10.8 Å². The van der Waals surface area contributed by atoms with Crippen LogP contribution in [0.4, 0.5) is 0 Å². The van der Waals surface area contributed by atoms with E-state index in [1.54, 1.807) is 0 Å². The van der Waals surface area contributed by atoms with E-state index in [0.29, 0.717) is 6.54 Å². The Balaban J connectivity index is 3.62. The summed E-state index contributed by atoms with van der Waals surface area (Å²) in [4.78, 5) is 0. The molecule has 0 spiro atoms. The van der Waals surface area contributed by atoms with E-state index in [2.05, 4.69) is 19.6 Å². The van der Waals surface area contributed by atoms with E-state index in [0.717, 1.165) is 0 Å². The molecule has 0 aromatic carbocycles. The van der Waals surface area contributed by atoms with Gasteiger partial charge in [-0.3, -0.25) is 0 Å². The van der Waals surface area contributed by atoms with Crippen LogP contribution in [0.3, 0.4) is 0 Å². The van der Waals surface area contributed by atoms with Crippen molar-refractivity contribution >= 4 is 8.07 Å². The van der Waals surface area contributed by atoms with Gasteiger partial charge in [-0.1, -0.05) is 19.6 Å². The molecule has 0 heterocycles. The van der Waals surface area contributed by atoms with E-state index in [1.165, 1.54) is 0 Å². The van der Waals surface area contributed by atoms with Crippen LogP contribution in [0.15, 0.2) is 0 Å². The van der Waals surface area contributed by atoms with Gasteiger partial charge in [-0.25, -0.2) is 0 Å². The van der Waals surface area contributed by atoms with Crippen LogP contribution >= 0.6 is 0 Å². The second-order valence-electron chi connectivity index (χ2n) is 3.12. The molecule has 0 saturated carbocycles. The molecule has 0 aromatic rings. The summed E-state index contributed by atoms with van der Waals surface area (Å²) in [6.45, 7) is 6.72. The molecule has 0 aromatic heterocycles. The van der Waals surface area contributed by atoms with Crippen molar-refractivity contribution in [1.29, 1.82) is 0 Å². The monoisotopic (exact) mass is 133 g/mol. The van der Waals surface area contributed by atoms with Gasteiger partial charge >= 0.3 is 0 Å². The van der Waals surface area contributed by atoms with E-state index in [-0.39, 0.29) is 5.73 Å². The third-order valence-electron chi connectivity index (χ3n) is 1.22. The maximum absolute atomic E-state index is 9.13. The molecule has 0 aliphatic heterocycles. The first-order valence-corrected chi connectivity index (χ1v) is 6.44. The first kappa shape index (κ1) is 8.14. The van der Waals surface area contributed by atoms with E-state index < -0.39 is 8.07 Å². The molecule has 0 amide bonds. The van der Waals surface area contributed by atoms with Crippen LogP contribution in [0.5, 0.6) is 0 Å². The number of aliphatic hydroxyl groups is 1. The van der Waals surface area contributed by atoms with Crippen LogP contribution in [0, 0.1) is 0 Å². The molecule has 3 N–H and O–H groups in total. The minimum atomic E-state index is -1.33. The van der Waals surface area contributed by atoms with Crippen LogP contribution in [0.25, 0.3) is 0 Å². The summed E-state index contributed by atoms with van der Waals surface area (Å²) in [5.74, 6) is 0. The number of nitrogens with two attached hydrogens (primary N) is 1. The van der Waals surface area contributed by atoms with Gasteiger partial charge in [0, 0.05) is 6.54 Å². The molecule has 0 saturated heterocycles. The fourth-order valence-corrected chi connectivity index (χ4v) is 1.06. The normalized spacial score (nSPS) is 16.1. The zero-order chi connectivity index (χ0) is 6.78. The highest BCUT2D eigenvalue weighted by molar-refractivity contribution is 6.77. The Hall–Kier alpha value is 0.137. The van der Waals surface area contributed by atoms with E-state index in [9.17, 15) is 0 Å². The fourth-order valence-electron chi connectivity index (χ4n) is 0.354. The van der Waals surface area contributed by atoms with Crippen LogP contribution < -0.4 is 5.73 Å². The molecule has 3 heteroatoms. The summed E-state index contributed by atoms with van der Waals surface area (Å²) in [5.41, 5.74) is 5.01. The Morgan fingerprint density at radius 1 is 1.50 bits per heavy atom. The van der Waals surface area contributed by atoms with Gasteiger partial charge in [0.25, 0.3) is 0 Å². The molecule has 1 unspecified atom stereocenters. The second kappa shape index (κ2) is 2.62. The molecule has 0 aliphatic carbocycles. The van der Waals surface area contributed by atoms with Crippen LogP contribution in [0.2, 0.25) is 19.6 Å². The summed E-state index contributed by atoms with van der Waals surface area (Å²) in [7, 11) is -1.33. The Kier molecular flexibility index (Phi) is 2.66. The summed E-state index contributed by atoms with van der Waals surface area (Å²) in [6.07, 6.45) is 0. The predicted molar refractivity (Wildman–Crippen MR) is 38.4 cm³/mol. The number of aliphatic hydroxyl groups excluding tert-OH is 1. The molecule has 0 fully saturated rings. The summed E-state index contributed by atoms with van der Waals surface area (Å²) < 4.78 is 0. The third kappa shape index (κ3) is 2.45. The lowest BCUT2D eigenvalue weighted by molar-refractivity contribution is 0.252. The molecular weight excluding hydrogens is 118 g/mol. The summed E-state index contributed by atoms with van der Waals surface area (Å²) in [6, 6.07) is 0. The molecule has 0 radical (unpaired) electrons. The largest absolute Gasteiger partial charge is 0.395 e. The zero-order valence-electron chi connectivity index (χ0n) is 5.81. The lowest BCUT2D eigenvalue weighted by Gasteiger charge is -2.21. The number of hydrogen-bond acceptors (Lipinski definition) is 2. The van der Waals surface area contributed by atoms with Crippen LogP contribution in [-0.4, -0.2) is 25.5 Å². The SMILES string of the molecule is C[Si](C)(C)C(O)CN. The van der Waals surface area contributed by atoms with Crippen molar-refractivity contribution in [2.75, 3.05) is 6.54 Å². The standard InChI is InChI=1S/C5H15NOSi/c1-8(2,3)5(7)4-6/h5,7H,4,6H2,1-3H3. The third-order valence-corrected chi connectivity index (χ3v) is 3.46. The molecule has 1 atom stereocenters. The molecular formula is C5H15NOSi. The average molecular weight is 133 g/mol. The molecule has 0 bridgehead atoms. The minimum Gasteiger partial charge on any atom is -0.395 e. The maximum atomic E-state index is 9.13. The van der Waals surface area contributed by atoms with Crippen molar-refractivity contribution in [1.82, 2.24) is 0 Å². The highest BCUT2D eigenvalue weighted by atomic mass is 28.3. The van der Waals surface area contributed by atoms with Gasteiger partial charge in [-0.05, 0) is 0 Å². The predicted octanol–water partition coefficient (Wildman–Crippen LogP) is 0.183. The van der Waals surface area contributed by atoms with Crippen LogP contribution in [0.1, 0.15) is 0 Å². The van der Waals surface area contributed by atoms with Gasteiger partial charge in [0.1, 0.15) is 0 Å². The van der Waals surface area contributed by atoms with Gasteiger partial charge in [0.15, 0.2) is 0 Å². The highest BCUT2D eigenvalue weighted by Crippen LogP contribution is 2.04. The molecule has 0 rings (SSSR count). The van der Waals surface area contributed by atoms with Crippen molar-refractivity contribution in [3.8, 4) is 0 Å². The minimum absolute atomic E-state index is 0.234. The Labute approximate surface area is 51.7 Å². The van der Waals surface area contributed by atoms with Gasteiger partial charge in [0.2, 0.25) is 0 Å². The van der Waals surface area contributed by atoms with E-state index in [1.807, 2.05) is 0 Å². The van der Waals surface area contributed by atoms with Crippen molar-refractivity contribution < 1.29 is 5.11 Å². The number of rotatable bonds is 2. The molecule has 2 nitrogen and oxygen atoms in total. The molecule has 8 heavy (non-hydrogen) atoms. The van der Waals surface area contributed by atoms with Crippen molar-refractivity contribution in [3.05, 3.63) is 0 Å². The Morgan fingerprint density at radius 2 is 1.88 bits per heavy atom. The van der Waals surface area contributed by atoms with Crippen molar-refractivity contribution in [2.24, 2.45) is 5.73 Å². The maximum Gasteiger partial charge on any atom is 0.0798 e. The topological polar surface area (TPSA) is 46.2 Å². The summed E-state index contributed by atoms with van der Waals surface area (Å²) in [5, 5.41) is 9.13. The lowest BCUT2D eigenvalue weighted by atomic mass is 10.7. The fraction of sp³-hybridized carbons (Fsp3) is 1.00. The quantitative estimate of drug-likeness (QED) is 0.528. The van der Waals surface area contributed by atoms with Crippen LogP contribution in [-0.2, 0) is 0 Å². The van der Waals surface area contributed by atoms with E-state index >= 15 is 0 Å². The first-order valence-electron chi connectivity index (χ1n) is 2.86. The lowest BCUT2D eigenvalue weighted by Crippen LogP contribution is -2.43. The van der Waals surface area contributed by atoms with Crippen molar-refractivity contribution in [2.45, 2.75) is 25.4 Å². The van der Waals surface area contributed by atoms with Gasteiger partial charge < -0.3 is 10.8 Å². The smallest absolute Gasteiger partial charge is 0.0798 e. The van der Waals surface area contributed by atoms with Gasteiger partial charge in [-0.2, -0.15) is 0 Å².